The van der Waals surface area contributed by atoms with E-state index in [1.165, 1.54) is 12.1 Å². The summed E-state index contributed by atoms with van der Waals surface area (Å²) in [6, 6.07) is 12.3. The lowest BCUT2D eigenvalue weighted by molar-refractivity contribution is -0.122. The summed E-state index contributed by atoms with van der Waals surface area (Å²) in [6.45, 7) is 3.29. The number of imide groups is 2. The molecule has 1 aliphatic heterocycles. The SMILES string of the molecule is Cc1ccc(NC(=O)COc2c(Br)cc(/C=C3\C(=O)NC(=O)N(c4cc(Cl)ccc4C)C3=O)cc2Br)cc1Cl. The number of nitrogens with one attached hydrogen (secondary N) is 2. The zero-order valence-corrected chi connectivity index (χ0v) is 25.1. The number of nitrogens with zero attached hydrogens (tertiary/aromatic N) is 1. The summed E-state index contributed by atoms with van der Waals surface area (Å²) in [5.41, 5.74) is 2.52. The Balaban J connectivity index is 1.53. The Morgan fingerprint density at radius 3 is 2.33 bits per heavy atom. The van der Waals surface area contributed by atoms with E-state index in [0.29, 0.717) is 41.6 Å². The molecule has 39 heavy (non-hydrogen) atoms. The van der Waals surface area contributed by atoms with E-state index in [4.69, 9.17) is 27.9 Å². The van der Waals surface area contributed by atoms with Crippen molar-refractivity contribution in [3.05, 3.63) is 89.8 Å². The first kappa shape index (κ1) is 28.8. The second kappa shape index (κ2) is 11.9. The number of benzene rings is 3. The quantitative estimate of drug-likeness (QED) is 0.218. The molecule has 12 heteroatoms. The molecular weight excluding hydrogens is 677 g/mol. The fraction of sp³-hybridized carbons (Fsp3) is 0.111. The maximum atomic E-state index is 13.3. The molecule has 1 saturated heterocycles. The normalized spacial score (nSPS) is 14.5. The topological polar surface area (TPSA) is 105 Å². The van der Waals surface area contributed by atoms with Crippen LogP contribution < -0.4 is 20.3 Å². The van der Waals surface area contributed by atoms with Gasteiger partial charge in [-0.2, -0.15) is 0 Å². The Morgan fingerprint density at radius 2 is 1.67 bits per heavy atom. The number of carbonyl (C=O) groups excluding carboxylic acids is 4. The number of urea groups is 1. The van der Waals surface area contributed by atoms with Gasteiger partial charge < -0.3 is 10.1 Å². The highest BCUT2D eigenvalue weighted by Crippen LogP contribution is 2.36. The third kappa shape index (κ3) is 6.52. The minimum absolute atomic E-state index is 0.252. The van der Waals surface area contributed by atoms with Crippen molar-refractivity contribution < 1.29 is 23.9 Å². The molecule has 0 aliphatic carbocycles. The fourth-order valence-corrected chi connectivity index (χ4v) is 5.47. The molecule has 0 spiro atoms. The van der Waals surface area contributed by atoms with Crippen molar-refractivity contribution >= 4 is 96.3 Å². The summed E-state index contributed by atoms with van der Waals surface area (Å²) in [5, 5.41) is 5.77. The molecule has 8 nitrogen and oxygen atoms in total. The van der Waals surface area contributed by atoms with Crippen LogP contribution in [0.4, 0.5) is 16.2 Å². The van der Waals surface area contributed by atoms with E-state index in [1.54, 1.807) is 49.4 Å². The second-order valence-electron chi connectivity index (χ2n) is 8.50. The third-order valence-corrected chi connectivity index (χ3v) is 7.47. The maximum Gasteiger partial charge on any atom is 0.335 e. The molecule has 1 heterocycles. The molecule has 0 radical (unpaired) electrons. The predicted molar refractivity (Wildman–Crippen MR) is 157 cm³/mol. The van der Waals surface area contributed by atoms with Crippen LogP contribution in [-0.2, 0) is 14.4 Å². The highest BCUT2D eigenvalue weighted by Gasteiger charge is 2.37. The molecule has 3 aromatic rings. The molecule has 3 aromatic carbocycles. The van der Waals surface area contributed by atoms with Crippen LogP contribution >= 0.6 is 55.1 Å². The predicted octanol–water partition coefficient (Wildman–Crippen LogP) is 6.82. The first-order chi connectivity index (χ1) is 18.4. The minimum atomic E-state index is -0.871. The first-order valence-corrected chi connectivity index (χ1v) is 13.6. The average molecular weight is 696 g/mol. The van der Waals surface area contributed by atoms with E-state index in [-0.39, 0.29) is 17.9 Å². The monoisotopic (exact) mass is 693 g/mol. The van der Waals surface area contributed by atoms with Gasteiger partial charge in [-0.3, -0.25) is 19.7 Å². The number of aryl methyl sites for hydroxylation is 2. The van der Waals surface area contributed by atoms with Gasteiger partial charge in [0.2, 0.25) is 0 Å². The van der Waals surface area contributed by atoms with E-state index in [0.717, 1.165) is 10.5 Å². The van der Waals surface area contributed by atoms with E-state index in [1.807, 2.05) is 6.92 Å². The number of rotatable bonds is 6. The molecular formula is C27H19Br2Cl2N3O5. The number of carbonyl (C=O) groups is 4. The van der Waals surface area contributed by atoms with Crippen LogP contribution in [-0.4, -0.2) is 30.4 Å². The molecule has 5 amide bonds. The molecule has 0 unspecified atom stereocenters. The van der Waals surface area contributed by atoms with Gasteiger partial charge >= 0.3 is 6.03 Å². The van der Waals surface area contributed by atoms with Crippen LogP contribution in [0.2, 0.25) is 10.0 Å². The lowest BCUT2D eigenvalue weighted by Crippen LogP contribution is -2.54. The molecule has 0 aromatic heterocycles. The molecule has 0 atom stereocenters. The van der Waals surface area contributed by atoms with Crippen molar-refractivity contribution in [2.45, 2.75) is 13.8 Å². The number of ether oxygens (including phenoxy) is 1. The second-order valence-corrected chi connectivity index (χ2v) is 11.1. The Labute approximate surface area is 250 Å². The van der Waals surface area contributed by atoms with Gasteiger partial charge in [0.25, 0.3) is 17.7 Å². The summed E-state index contributed by atoms with van der Waals surface area (Å²) in [7, 11) is 0. The molecule has 0 bridgehead atoms. The van der Waals surface area contributed by atoms with Gasteiger partial charge in [0.1, 0.15) is 11.3 Å². The van der Waals surface area contributed by atoms with Gasteiger partial charge in [-0.1, -0.05) is 35.3 Å². The van der Waals surface area contributed by atoms with Gasteiger partial charge in [0.15, 0.2) is 6.61 Å². The van der Waals surface area contributed by atoms with Crippen molar-refractivity contribution in [3.63, 3.8) is 0 Å². The lowest BCUT2D eigenvalue weighted by atomic mass is 10.1. The van der Waals surface area contributed by atoms with E-state index in [2.05, 4.69) is 42.5 Å². The van der Waals surface area contributed by atoms with Gasteiger partial charge in [-0.15, -0.1) is 0 Å². The lowest BCUT2D eigenvalue weighted by Gasteiger charge is -2.27. The highest BCUT2D eigenvalue weighted by molar-refractivity contribution is 9.11. The van der Waals surface area contributed by atoms with Gasteiger partial charge in [-0.05, 0) is 105 Å². The molecule has 1 fully saturated rings. The number of halogens is 4. The molecule has 0 saturated carbocycles. The van der Waals surface area contributed by atoms with Crippen molar-refractivity contribution in [3.8, 4) is 5.75 Å². The van der Waals surface area contributed by atoms with Crippen LogP contribution in [0, 0.1) is 13.8 Å². The smallest absolute Gasteiger partial charge is 0.335 e. The molecule has 4 rings (SSSR count). The van der Waals surface area contributed by atoms with Crippen molar-refractivity contribution in [2.24, 2.45) is 0 Å². The standard InChI is InChI=1S/C27H19Br2Cl2N3O5/c1-13-4-6-17(11-21(13)31)32-23(35)12-39-24-19(28)8-15(9-20(24)29)7-18-25(36)33-27(38)34(26(18)37)22-10-16(30)5-3-14(22)2/h3-11H,12H2,1-2H3,(H,32,35)(H,33,36,38)/b18-7+. The first-order valence-electron chi connectivity index (χ1n) is 11.3. The Bertz CT molecular complexity index is 1550. The zero-order valence-electron chi connectivity index (χ0n) is 20.4. The highest BCUT2D eigenvalue weighted by atomic mass is 79.9. The number of hydrogen-bond acceptors (Lipinski definition) is 5. The van der Waals surface area contributed by atoms with E-state index < -0.39 is 23.8 Å². The largest absolute Gasteiger partial charge is 0.481 e. The summed E-state index contributed by atoms with van der Waals surface area (Å²) >= 11 is 19.0. The van der Waals surface area contributed by atoms with Crippen molar-refractivity contribution in [1.29, 1.82) is 0 Å². The van der Waals surface area contributed by atoms with Crippen molar-refractivity contribution in [2.75, 3.05) is 16.8 Å². The number of anilines is 2. The van der Waals surface area contributed by atoms with Crippen LogP contribution in [0.15, 0.2) is 63.0 Å². The minimum Gasteiger partial charge on any atom is -0.481 e. The average Bonchev–Trinajstić information content (AvgIpc) is 2.85. The molecule has 200 valence electrons. The van der Waals surface area contributed by atoms with Crippen LogP contribution in [0.25, 0.3) is 6.08 Å². The summed E-state index contributed by atoms with van der Waals surface area (Å²) < 4.78 is 6.60. The number of amides is 5. The number of hydrogen-bond donors (Lipinski definition) is 2. The fourth-order valence-electron chi connectivity index (χ4n) is 3.67. The van der Waals surface area contributed by atoms with Gasteiger partial charge in [0.05, 0.1) is 14.6 Å². The molecule has 2 N–H and O–H groups in total. The summed E-state index contributed by atoms with van der Waals surface area (Å²) in [6.07, 6.45) is 1.35. The van der Waals surface area contributed by atoms with Crippen LogP contribution in [0.5, 0.6) is 5.75 Å². The van der Waals surface area contributed by atoms with E-state index >= 15 is 0 Å². The van der Waals surface area contributed by atoms with Crippen molar-refractivity contribution in [1.82, 2.24) is 5.32 Å². The van der Waals surface area contributed by atoms with Gasteiger partial charge in [0, 0.05) is 15.7 Å². The zero-order chi connectivity index (χ0) is 28.4. The summed E-state index contributed by atoms with van der Waals surface area (Å²) in [5.74, 6) is -1.69. The summed E-state index contributed by atoms with van der Waals surface area (Å²) in [4.78, 5) is 51.6. The van der Waals surface area contributed by atoms with Gasteiger partial charge in [-0.25, -0.2) is 9.69 Å². The van der Waals surface area contributed by atoms with Crippen LogP contribution in [0.3, 0.4) is 0 Å². The third-order valence-electron chi connectivity index (χ3n) is 5.65. The van der Waals surface area contributed by atoms with E-state index in [9.17, 15) is 19.2 Å². The molecule has 1 aliphatic rings. The Kier molecular flexibility index (Phi) is 8.80. The van der Waals surface area contributed by atoms with Crippen LogP contribution in [0.1, 0.15) is 16.7 Å². The Hall–Kier alpha value is -3.18. The number of barbiturate groups is 1. The Morgan fingerprint density at radius 1 is 1.00 bits per heavy atom. The maximum absolute atomic E-state index is 13.3.